The lowest BCUT2D eigenvalue weighted by Gasteiger charge is -2.17. The molecule has 1 rings (SSSR count). The van der Waals surface area contributed by atoms with Gasteiger partial charge in [-0.3, -0.25) is 0 Å². The zero-order valence-corrected chi connectivity index (χ0v) is 6.52. The normalized spacial score (nSPS) is 37.4. The minimum atomic E-state index is -1.02. The van der Waals surface area contributed by atoms with Crippen LogP contribution in [0.2, 0.25) is 0 Å². The Labute approximate surface area is 61.5 Å². The van der Waals surface area contributed by atoms with Gasteiger partial charge < -0.3 is 5.11 Å². The van der Waals surface area contributed by atoms with E-state index in [1.54, 1.807) is 0 Å². The molecule has 0 aromatic heterocycles. The molecule has 1 saturated carbocycles. The zero-order chi connectivity index (χ0) is 7.83. The van der Waals surface area contributed by atoms with Gasteiger partial charge in [0.2, 0.25) is 0 Å². The van der Waals surface area contributed by atoms with Crippen molar-refractivity contribution in [3.63, 3.8) is 0 Å². The number of rotatable bonds is 0. The molecule has 0 spiro atoms. The number of nitrogens with zero attached hydrogens (tertiary/aromatic N) is 1. The molecule has 0 aromatic rings. The molecule has 0 saturated heterocycles. The Bertz CT molecular complexity index is 180. The van der Waals surface area contributed by atoms with Gasteiger partial charge in [0, 0.05) is 0 Å². The Morgan fingerprint density at radius 3 is 2.20 bits per heavy atom. The third kappa shape index (κ3) is 1.30. The summed E-state index contributed by atoms with van der Waals surface area (Å²) in [5, 5.41) is 18.0. The van der Waals surface area contributed by atoms with Gasteiger partial charge in [-0.05, 0) is 24.7 Å². The van der Waals surface area contributed by atoms with Crippen LogP contribution in [0.4, 0.5) is 0 Å². The zero-order valence-electron chi connectivity index (χ0n) is 6.52. The first-order valence-corrected chi connectivity index (χ1v) is 3.61. The van der Waals surface area contributed by atoms with Crippen molar-refractivity contribution >= 4 is 0 Å². The average molecular weight is 139 g/mol. The van der Waals surface area contributed by atoms with Crippen LogP contribution in [-0.2, 0) is 0 Å². The van der Waals surface area contributed by atoms with E-state index >= 15 is 0 Å². The summed E-state index contributed by atoms with van der Waals surface area (Å²) in [6, 6.07) is 1.95. The molecule has 1 fully saturated rings. The molecule has 0 bridgehead atoms. The second kappa shape index (κ2) is 1.96. The first-order valence-electron chi connectivity index (χ1n) is 3.61. The van der Waals surface area contributed by atoms with Crippen LogP contribution in [0.1, 0.15) is 33.1 Å². The highest BCUT2D eigenvalue weighted by Gasteiger charge is 2.41. The molecule has 0 radical (unpaired) electrons. The van der Waals surface area contributed by atoms with Gasteiger partial charge in [-0.15, -0.1) is 0 Å². The van der Waals surface area contributed by atoms with Gasteiger partial charge in [0.25, 0.3) is 0 Å². The van der Waals surface area contributed by atoms with Crippen molar-refractivity contribution < 1.29 is 5.11 Å². The predicted octanol–water partition coefficient (Wildman–Crippen LogP) is 1.45. The van der Waals surface area contributed by atoms with E-state index in [0.717, 1.165) is 6.42 Å². The second-order valence-electron chi connectivity index (χ2n) is 3.98. The molecule has 1 aliphatic rings. The molecule has 1 N–H and O–H groups in total. The molecule has 1 aliphatic carbocycles. The fraction of sp³-hybridized carbons (Fsp3) is 0.875. The van der Waals surface area contributed by atoms with E-state index in [2.05, 4.69) is 13.8 Å². The highest BCUT2D eigenvalue weighted by atomic mass is 16.3. The molecule has 2 heteroatoms. The van der Waals surface area contributed by atoms with Crippen molar-refractivity contribution in [3.8, 4) is 6.07 Å². The fourth-order valence-electron chi connectivity index (χ4n) is 1.61. The maximum absolute atomic E-state index is 9.47. The van der Waals surface area contributed by atoms with Gasteiger partial charge in [-0.25, -0.2) is 0 Å². The highest BCUT2D eigenvalue weighted by Crippen LogP contribution is 2.42. The number of aliphatic hydroxyl groups is 1. The summed E-state index contributed by atoms with van der Waals surface area (Å²) in [7, 11) is 0. The van der Waals surface area contributed by atoms with E-state index in [0.29, 0.717) is 12.8 Å². The number of nitriles is 1. The van der Waals surface area contributed by atoms with Gasteiger partial charge in [0.1, 0.15) is 0 Å². The lowest BCUT2D eigenvalue weighted by Crippen LogP contribution is -2.23. The Morgan fingerprint density at radius 1 is 1.40 bits per heavy atom. The molecular weight excluding hydrogens is 126 g/mol. The maximum Gasteiger partial charge on any atom is 0.151 e. The van der Waals surface area contributed by atoms with E-state index < -0.39 is 5.60 Å². The lowest BCUT2D eigenvalue weighted by molar-refractivity contribution is 0.0950. The van der Waals surface area contributed by atoms with Gasteiger partial charge in [0.15, 0.2) is 5.60 Å². The molecule has 1 atom stereocenters. The van der Waals surface area contributed by atoms with Gasteiger partial charge in [0.05, 0.1) is 6.07 Å². The largest absolute Gasteiger partial charge is 0.375 e. The molecule has 2 nitrogen and oxygen atoms in total. The summed E-state index contributed by atoms with van der Waals surface area (Å²) < 4.78 is 0. The number of hydrogen-bond donors (Lipinski definition) is 1. The first kappa shape index (κ1) is 7.56. The van der Waals surface area contributed by atoms with Crippen molar-refractivity contribution in [1.29, 1.82) is 5.26 Å². The monoisotopic (exact) mass is 139 g/mol. The quantitative estimate of drug-likeness (QED) is 0.516. The predicted molar refractivity (Wildman–Crippen MR) is 38.2 cm³/mol. The third-order valence-corrected chi connectivity index (χ3v) is 2.19. The topological polar surface area (TPSA) is 44.0 Å². The molecule has 0 amide bonds. The molecular formula is C8H13NO. The summed E-state index contributed by atoms with van der Waals surface area (Å²) in [6.45, 7) is 4.17. The lowest BCUT2D eigenvalue weighted by atomic mass is 9.90. The van der Waals surface area contributed by atoms with Crippen LogP contribution in [-0.4, -0.2) is 10.7 Å². The third-order valence-electron chi connectivity index (χ3n) is 2.19. The Kier molecular flexibility index (Phi) is 1.48. The average Bonchev–Trinajstić information content (AvgIpc) is 2.08. The van der Waals surface area contributed by atoms with Crippen LogP contribution >= 0.6 is 0 Å². The van der Waals surface area contributed by atoms with E-state index in [1.165, 1.54) is 0 Å². The van der Waals surface area contributed by atoms with E-state index in [4.69, 9.17) is 5.26 Å². The van der Waals surface area contributed by atoms with Crippen molar-refractivity contribution in [1.82, 2.24) is 0 Å². The first-order chi connectivity index (χ1) is 4.47. The molecule has 56 valence electrons. The van der Waals surface area contributed by atoms with Crippen molar-refractivity contribution in [3.05, 3.63) is 0 Å². The van der Waals surface area contributed by atoms with Crippen LogP contribution < -0.4 is 0 Å². The van der Waals surface area contributed by atoms with Gasteiger partial charge >= 0.3 is 0 Å². The number of hydrogen-bond acceptors (Lipinski definition) is 2. The van der Waals surface area contributed by atoms with Crippen LogP contribution in [0.3, 0.4) is 0 Å². The standard InChI is InChI=1S/C8H13NO/c1-7(2)3-4-8(10,5-7)6-9/h10H,3-5H2,1-2H3. The van der Waals surface area contributed by atoms with Crippen molar-refractivity contribution in [2.75, 3.05) is 0 Å². The van der Waals surface area contributed by atoms with Crippen LogP contribution in [0, 0.1) is 16.7 Å². The maximum atomic E-state index is 9.47. The molecule has 10 heavy (non-hydrogen) atoms. The fourth-order valence-corrected chi connectivity index (χ4v) is 1.61. The second-order valence-corrected chi connectivity index (χ2v) is 3.98. The smallest absolute Gasteiger partial charge is 0.151 e. The van der Waals surface area contributed by atoms with E-state index in [9.17, 15) is 5.11 Å². The van der Waals surface area contributed by atoms with Crippen LogP contribution in [0.5, 0.6) is 0 Å². The SMILES string of the molecule is CC1(C)CCC(O)(C#N)C1. The van der Waals surface area contributed by atoms with Crippen molar-refractivity contribution in [2.24, 2.45) is 5.41 Å². The Morgan fingerprint density at radius 2 is 2.00 bits per heavy atom. The summed E-state index contributed by atoms with van der Waals surface area (Å²) in [5.41, 5.74) is -0.867. The van der Waals surface area contributed by atoms with Crippen molar-refractivity contribution in [2.45, 2.75) is 38.7 Å². The molecule has 0 aromatic carbocycles. The molecule has 0 heterocycles. The van der Waals surface area contributed by atoms with Gasteiger partial charge in [-0.2, -0.15) is 5.26 Å². The molecule has 0 aliphatic heterocycles. The Hall–Kier alpha value is -0.550. The summed E-state index contributed by atoms with van der Waals surface area (Å²) in [4.78, 5) is 0. The highest BCUT2D eigenvalue weighted by molar-refractivity contribution is 5.07. The summed E-state index contributed by atoms with van der Waals surface area (Å²) in [5.74, 6) is 0. The van der Waals surface area contributed by atoms with E-state index in [-0.39, 0.29) is 5.41 Å². The van der Waals surface area contributed by atoms with Crippen LogP contribution in [0.15, 0.2) is 0 Å². The minimum absolute atomic E-state index is 0.157. The van der Waals surface area contributed by atoms with Gasteiger partial charge in [-0.1, -0.05) is 13.8 Å². The van der Waals surface area contributed by atoms with E-state index in [1.807, 2.05) is 6.07 Å². The summed E-state index contributed by atoms with van der Waals surface area (Å²) in [6.07, 6.45) is 2.21. The molecule has 1 unspecified atom stereocenters. The van der Waals surface area contributed by atoms with Crippen LogP contribution in [0.25, 0.3) is 0 Å². The summed E-state index contributed by atoms with van der Waals surface area (Å²) >= 11 is 0. The Balaban J connectivity index is 2.69. The minimum Gasteiger partial charge on any atom is -0.375 e.